The van der Waals surface area contributed by atoms with Crippen molar-refractivity contribution in [1.82, 2.24) is 5.32 Å². The van der Waals surface area contributed by atoms with E-state index in [9.17, 15) is 4.79 Å². The van der Waals surface area contributed by atoms with E-state index in [1.165, 1.54) is 0 Å². The monoisotopic (exact) mass is 220 g/mol. The predicted molar refractivity (Wildman–Crippen MR) is 62.1 cm³/mol. The Kier molecular flexibility index (Phi) is 2.83. The predicted octanol–water partition coefficient (Wildman–Crippen LogP) is 1.04. The normalized spacial score (nSPS) is 17.6. The number of amides is 1. The average Bonchev–Trinajstić information content (AvgIpc) is 2.24. The van der Waals surface area contributed by atoms with Crippen molar-refractivity contribution >= 4 is 11.6 Å². The van der Waals surface area contributed by atoms with Crippen LogP contribution in [0.1, 0.15) is 17.3 Å². The number of nitrogen functional groups attached to an aromatic ring is 1. The van der Waals surface area contributed by atoms with Crippen LogP contribution < -0.4 is 11.1 Å². The molecule has 0 aliphatic carbocycles. The first kappa shape index (κ1) is 11.0. The summed E-state index contributed by atoms with van der Waals surface area (Å²) in [6.45, 7) is 4.18. The van der Waals surface area contributed by atoms with Gasteiger partial charge >= 0.3 is 0 Å². The number of benzene rings is 1. The number of ether oxygens (including phenoxy) is 1. The van der Waals surface area contributed by atoms with Crippen LogP contribution in [-0.2, 0) is 4.74 Å². The molecule has 1 aromatic rings. The fourth-order valence-corrected chi connectivity index (χ4v) is 1.58. The first-order valence-corrected chi connectivity index (χ1v) is 5.31. The molecule has 1 saturated heterocycles. The molecule has 0 radical (unpaired) electrons. The molecule has 0 spiro atoms. The molecular formula is C12H16N2O2. The largest absolute Gasteiger partial charge is 0.399 e. The van der Waals surface area contributed by atoms with Gasteiger partial charge in [-0.25, -0.2) is 0 Å². The molecule has 1 fully saturated rings. The first-order chi connectivity index (χ1) is 7.59. The van der Waals surface area contributed by atoms with Crippen LogP contribution in [0.25, 0.3) is 0 Å². The highest BCUT2D eigenvalue weighted by molar-refractivity contribution is 5.94. The van der Waals surface area contributed by atoms with E-state index in [0.717, 1.165) is 13.2 Å². The third kappa shape index (κ3) is 2.33. The van der Waals surface area contributed by atoms with Gasteiger partial charge in [-0.15, -0.1) is 0 Å². The number of nitrogens with one attached hydrogen (secondary N) is 1. The van der Waals surface area contributed by atoms with Crippen LogP contribution in [0.2, 0.25) is 0 Å². The quantitative estimate of drug-likeness (QED) is 0.748. The lowest BCUT2D eigenvalue weighted by molar-refractivity contribution is -0.0978. The lowest BCUT2D eigenvalue weighted by Gasteiger charge is -2.38. The molecule has 1 aliphatic rings. The lowest BCUT2D eigenvalue weighted by Crippen LogP contribution is -2.48. The Labute approximate surface area is 94.8 Å². The number of anilines is 1. The molecule has 1 aromatic carbocycles. The van der Waals surface area contributed by atoms with Gasteiger partial charge in [0.25, 0.3) is 5.91 Å². The molecule has 86 valence electrons. The number of carbonyl (C=O) groups is 1. The number of rotatable bonds is 3. The van der Waals surface area contributed by atoms with E-state index in [2.05, 4.69) is 12.2 Å². The van der Waals surface area contributed by atoms with Crippen molar-refractivity contribution in [2.24, 2.45) is 5.41 Å². The highest BCUT2D eigenvalue weighted by atomic mass is 16.5. The Hall–Kier alpha value is -1.55. The summed E-state index contributed by atoms with van der Waals surface area (Å²) in [6.07, 6.45) is 0. The third-order valence-electron chi connectivity index (χ3n) is 2.75. The Morgan fingerprint density at radius 3 is 2.56 bits per heavy atom. The zero-order valence-corrected chi connectivity index (χ0v) is 9.32. The summed E-state index contributed by atoms with van der Waals surface area (Å²) in [6, 6.07) is 6.90. The topological polar surface area (TPSA) is 64.4 Å². The molecule has 2 rings (SSSR count). The third-order valence-corrected chi connectivity index (χ3v) is 2.75. The molecule has 4 nitrogen and oxygen atoms in total. The number of hydrogen-bond acceptors (Lipinski definition) is 3. The summed E-state index contributed by atoms with van der Waals surface area (Å²) < 4.78 is 5.12. The Morgan fingerprint density at radius 2 is 2.06 bits per heavy atom. The standard InChI is InChI=1S/C12H16N2O2/c1-12(7-16-8-12)6-14-11(15)9-2-4-10(13)5-3-9/h2-5H,6-8,13H2,1H3,(H,14,15). The van der Waals surface area contributed by atoms with Crippen molar-refractivity contribution in [1.29, 1.82) is 0 Å². The summed E-state index contributed by atoms with van der Waals surface area (Å²) in [4.78, 5) is 11.7. The molecule has 0 saturated carbocycles. The molecule has 4 heteroatoms. The molecule has 0 bridgehead atoms. The van der Waals surface area contributed by atoms with E-state index < -0.39 is 0 Å². The van der Waals surface area contributed by atoms with Gasteiger partial charge in [0.1, 0.15) is 0 Å². The van der Waals surface area contributed by atoms with Crippen LogP contribution in [0.15, 0.2) is 24.3 Å². The molecule has 16 heavy (non-hydrogen) atoms. The van der Waals surface area contributed by atoms with Gasteiger partial charge < -0.3 is 15.8 Å². The van der Waals surface area contributed by atoms with E-state index in [4.69, 9.17) is 10.5 Å². The van der Waals surface area contributed by atoms with Crippen LogP contribution in [0, 0.1) is 5.41 Å². The van der Waals surface area contributed by atoms with Crippen molar-refractivity contribution in [3.05, 3.63) is 29.8 Å². The van der Waals surface area contributed by atoms with Crippen molar-refractivity contribution in [2.45, 2.75) is 6.92 Å². The Bertz CT molecular complexity index is 383. The van der Waals surface area contributed by atoms with E-state index in [1.54, 1.807) is 24.3 Å². The van der Waals surface area contributed by atoms with Crippen LogP contribution in [0.5, 0.6) is 0 Å². The smallest absolute Gasteiger partial charge is 0.251 e. The maximum Gasteiger partial charge on any atom is 0.251 e. The minimum Gasteiger partial charge on any atom is -0.399 e. The highest BCUT2D eigenvalue weighted by Crippen LogP contribution is 2.25. The van der Waals surface area contributed by atoms with Crippen LogP contribution in [0.3, 0.4) is 0 Å². The maximum atomic E-state index is 11.7. The lowest BCUT2D eigenvalue weighted by atomic mass is 9.88. The second kappa shape index (κ2) is 4.14. The zero-order chi connectivity index (χ0) is 11.6. The summed E-state index contributed by atoms with van der Waals surface area (Å²) in [7, 11) is 0. The number of hydrogen-bond donors (Lipinski definition) is 2. The van der Waals surface area contributed by atoms with Crippen LogP contribution in [-0.4, -0.2) is 25.7 Å². The Morgan fingerprint density at radius 1 is 1.44 bits per heavy atom. The number of carbonyl (C=O) groups excluding carboxylic acids is 1. The van der Waals surface area contributed by atoms with Crippen molar-refractivity contribution in [3.8, 4) is 0 Å². The SMILES string of the molecule is CC1(CNC(=O)c2ccc(N)cc2)COC1. The fourth-order valence-electron chi connectivity index (χ4n) is 1.58. The molecule has 0 unspecified atom stereocenters. The number of nitrogens with two attached hydrogens (primary N) is 1. The zero-order valence-electron chi connectivity index (χ0n) is 9.32. The van der Waals surface area contributed by atoms with Gasteiger partial charge in [-0.3, -0.25) is 4.79 Å². The van der Waals surface area contributed by atoms with Gasteiger partial charge in [0.05, 0.1) is 13.2 Å². The molecule has 1 amide bonds. The Balaban J connectivity index is 1.90. The van der Waals surface area contributed by atoms with E-state index in [1.807, 2.05) is 0 Å². The summed E-state index contributed by atoms with van der Waals surface area (Å²) in [5, 5.41) is 2.90. The second-order valence-electron chi connectivity index (χ2n) is 4.61. The summed E-state index contributed by atoms with van der Waals surface area (Å²) in [5.41, 5.74) is 6.95. The van der Waals surface area contributed by atoms with Crippen LogP contribution >= 0.6 is 0 Å². The fraction of sp³-hybridized carbons (Fsp3) is 0.417. The van der Waals surface area contributed by atoms with Crippen molar-refractivity contribution < 1.29 is 9.53 Å². The van der Waals surface area contributed by atoms with Gasteiger partial charge in [-0.1, -0.05) is 6.92 Å². The summed E-state index contributed by atoms with van der Waals surface area (Å²) >= 11 is 0. The van der Waals surface area contributed by atoms with E-state index in [0.29, 0.717) is 17.8 Å². The van der Waals surface area contributed by atoms with E-state index in [-0.39, 0.29) is 11.3 Å². The highest BCUT2D eigenvalue weighted by Gasteiger charge is 2.33. The van der Waals surface area contributed by atoms with Gasteiger partial charge in [0.2, 0.25) is 0 Å². The molecule has 0 aromatic heterocycles. The average molecular weight is 220 g/mol. The van der Waals surface area contributed by atoms with Gasteiger partial charge in [-0.2, -0.15) is 0 Å². The molecule has 1 aliphatic heterocycles. The van der Waals surface area contributed by atoms with E-state index >= 15 is 0 Å². The van der Waals surface area contributed by atoms with Gasteiger partial charge in [-0.05, 0) is 24.3 Å². The first-order valence-electron chi connectivity index (χ1n) is 5.31. The minimum atomic E-state index is -0.0619. The van der Waals surface area contributed by atoms with Crippen molar-refractivity contribution in [3.63, 3.8) is 0 Å². The van der Waals surface area contributed by atoms with Gasteiger partial charge in [0, 0.05) is 23.2 Å². The van der Waals surface area contributed by atoms with Gasteiger partial charge in [0.15, 0.2) is 0 Å². The molecular weight excluding hydrogens is 204 g/mol. The minimum absolute atomic E-state index is 0.0619. The van der Waals surface area contributed by atoms with Crippen molar-refractivity contribution in [2.75, 3.05) is 25.5 Å². The maximum absolute atomic E-state index is 11.7. The molecule has 3 N–H and O–H groups in total. The van der Waals surface area contributed by atoms with Crippen LogP contribution in [0.4, 0.5) is 5.69 Å². The summed E-state index contributed by atoms with van der Waals surface area (Å²) in [5.74, 6) is -0.0619. The molecule has 0 atom stereocenters. The molecule has 1 heterocycles. The second-order valence-corrected chi connectivity index (χ2v) is 4.61.